The van der Waals surface area contributed by atoms with Gasteiger partial charge in [-0.25, -0.2) is 9.37 Å². The van der Waals surface area contributed by atoms with E-state index in [1.807, 2.05) is 18.2 Å². The Morgan fingerprint density at radius 2 is 1.95 bits per heavy atom. The molecule has 0 aliphatic carbocycles. The van der Waals surface area contributed by atoms with Crippen LogP contribution in [0.3, 0.4) is 0 Å². The van der Waals surface area contributed by atoms with E-state index in [2.05, 4.69) is 26.3 Å². The van der Waals surface area contributed by atoms with Gasteiger partial charge in [0.2, 0.25) is 5.82 Å². The van der Waals surface area contributed by atoms with Gasteiger partial charge in [-0.1, -0.05) is 45.7 Å². The Bertz CT molecular complexity index is 2150. The number of nitrogens with zero attached hydrogens (tertiary/aromatic N) is 3. The van der Waals surface area contributed by atoms with Crippen molar-refractivity contribution >= 4 is 67.2 Å². The molecular weight excluding hydrogens is 655 g/mol. The Morgan fingerprint density at radius 3 is 2.77 bits per heavy atom. The van der Waals surface area contributed by atoms with Crippen molar-refractivity contribution in [2.45, 2.75) is 0 Å². The number of aromatic nitrogens is 2. The number of benzene rings is 4. The minimum atomic E-state index is -0.520. The first-order valence-electron chi connectivity index (χ1n) is 13.1. The molecule has 6 rings (SSSR count). The number of anilines is 1. The summed E-state index contributed by atoms with van der Waals surface area (Å²) in [5, 5.41) is 8.35. The number of carbonyl (C=O) groups is 1. The summed E-state index contributed by atoms with van der Waals surface area (Å²) in [6.07, 6.45) is 1.43. The largest absolute Gasteiger partial charge is 0.493 e. The fourth-order valence-electron chi connectivity index (χ4n) is 4.49. The number of hydrogen-bond acceptors (Lipinski definition) is 7. The summed E-state index contributed by atoms with van der Waals surface area (Å²) in [4.78, 5) is 30.6. The molecule has 0 atom stereocenters. The van der Waals surface area contributed by atoms with Crippen molar-refractivity contribution in [1.29, 1.82) is 0 Å². The second-order valence-corrected chi connectivity index (χ2v) is 10.8. The molecule has 0 spiro atoms. The number of para-hydroxylation sites is 1. The van der Waals surface area contributed by atoms with Crippen molar-refractivity contribution < 1.29 is 23.1 Å². The van der Waals surface area contributed by atoms with Gasteiger partial charge in [-0.15, -0.1) is 0 Å². The molecule has 6 aromatic rings. The second kappa shape index (κ2) is 12.3. The van der Waals surface area contributed by atoms with Gasteiger partial charge in [-0.2, -0.15) is 9.78 Å². The summed E-state index contributed by atoms with van der Waals surface area (Å²) in [5.41, 5.74) is 1.48. The van der Waals surface area contributed by atoms with Gasteiger partial charge < -0.3 is 19.2 Å². The number of halogens is 3. The number of methoxy groups -OCH3 is 1. The lowest BCUT2D eigenvalue weighted by atomic mass is 10.2. The van der Waals surface area contributed by atoms with Crippen LogP contribution >= 0.6 is 27.5 Å². The van der Waals surface area contributed by atoms with Crippen LogP contribution in [0.2, 0.25) is 5.02 Å². The maximum Gasteiger partial charge on any atom is 0.282 e. The Labute approximate surface area is 262 Å². The predicted octanol–water partition coefficient (Wildman–Crippen LogP) is 7.27. The molecule has 0 saturated carbocycles. The van der Waals surface area contributed by atoms with Crippen molar-refractivity contribution in [1.82, 2.24) is 9.66 Å². The zero-order chi connectivity index (χ0) is 30.8. The third kappa shape index (κ3) is 6.05. The molecule has 0 aliphatic heterocycles. The zero-order valence-corrected chi connectivity index (χ0v) is 25.2. The van der Waals surface area contributed by atoms with Crippen LogP contribution in [0, 0.1) is 5.82 Å². The molecule has 44 heavy (non-hydrogen) atoms. The van der Waals surface area contributed by atoms with Crippen LogP contribution in [0.25, 0.3) is 33.5 Å². The first kappa shape index (κ1) is 29.1. The molecule has 0 aliphatic rings. The lowest BCUT2D eigenvalue weighted by Crippen LogP contribution is -2.20. The van der Waals surface area contributed by atoms with Crippen molar-refractivity contribution in [3.05, 3.63) is 116 Å². The van der Waals surface area contributed by atoms with E-state index in [0.29, 0.717) is 27.8 Å². The van der Waals surface area contributed by atoms with Gasteiger partial charge in [-0.05, 0) is 72.3 Å². The molecule has 4 aromatic carbocycles. The van der Waals surface area contributed by atoms with Crippen LogP contribution in [-0.2, 0) is 4.79 Å². The van der Waals surface area contributed by atoms with E-state index in [1.54, 1.807) is 48.5 Å². The molecule has 12 heteroatoms. The number of ether oxygens (including phenoxy) is 2. The van der Waals surface area contributed by atoms with Crippen molar-refractivity contribution in [3.63, 3.8) is 0 Å². The minimum Gasteiger partial charge on any atom is -0.493 e. The molecular formula is C32H21BrClFN4O5. The topological polar surface area (TPSA) is 108 Å². The maximum atomic E-state index is 13.6. The first-order chi connectivity index (χ1) is 21.3. The van der Waals surface area contributed by atoms with E-state index >= 15 is 0 Å². The second-order valence-electron chi connectivity index (χ2n) is 9.49. The zero-order valence-electron chi connectivity index (χ0n) is 22.9. The average Bonchev–Trinajstić information content (AvgIpc) is 3.43. The van der Waals surface area contributed by atoms with Crippen molar-refractivity contribution in [2.24, 2.45) is 5.10 Å². The molecule has 9 nitrogen and oxygen atoms in total. The van der Waals surface area contributed by atoms with Crippen molar-refractivity contribution in [2.75, 3.05) is 19.0 Å². The number of fused-ring (bicyclic) bond motifs is 2. The minimum absolute atomic E-state index is 0.124. The van der Waals surface area contributed by atoms with Crippen molar-refractivity contribution in [3.8, 4) is 23.1 Å². The normalized spacial score (nSPS) is 11.4. The van der Waals surface area contributed by atoms with Crippen LogP contribution in [0.1, 0.15) is 5.56 Å². The standard InChI is InChI=1S/C32H21BrClFN4O5/c1-42-27-12-18(11-24(34)30(27)43-17-29(40)37-22-6-4-5-21(35)15-22)16-36-39-31(38-25-8-3-2-7-23(25)32(39)41)28-14-19-13-20(33)9-10-26(19)44-28/h2-16H,17H2,1H3,(H,37,40). The van der Waals surface area contributed by atoms with Crippen LogP contribution in [0.4, 0.5) is 10.1 Å². The summed E-state index contributed by atoms with van der Waals surface area (Å²) >= 11 is 9.97. The molecule has 1 amide bonds. The molecule has 1 N–H and O–H groups in total. The predicted molar refractivity (Wildman–Crippen MR) is 170 cm³/mol. The smallest absolute Gasteiger partial charge is 0.282 e. The highest BCUT2D eigenvalue weighted by Crippen LogP contribution is 2.36. The summed E-state index contributed by atoms with van der Waals surface area (Å²) in [7, 11) is 1.42. The number of furan rings is 1. The van der Waals surface area contributed by atoms with Gasteiger partial charge in [0.1, 0.15) is 11.4 Å². The molecule has 220 valence electrons. The van der Waals surface area contributed by atoms with E-state index < -0.39 is 23.9 Å². The van der Waals surface area contributed by atoms with Gasteiger partial charge in [0.15, 0.2) is 23.9 Å². The lowest BCUT2D eigenvalue weighted by molar-refractivity contribution is -0.118. The molecule has 2 aromatic heterocycles. The molecule has 2 heterocycles. The Kier molecular flexibility index (Phi) is 8.14. The van der Waals surface area contributed by atoms with E-state index in [9.17, 15) is 14.0 Å². The first-order valence-corrected chi connectivity index (χ1v) is 14.3. The van der Waals surface area contributed by atoms with Crippen LogP contribution in [0.15, 0.2) is 104 Å². The third-order valence-electron chi connectivity index (χ3n) is 6.48. The van der Waals surface area contributed by atoms with Gasteiger partial charge in [0, 0.05) is 15.5 Å². The number of amides is 1. The highest BCUT2D eigenvalue weighted by molar-refractivity contribution is 9.10. The summed E-state index contributed by atoms with van der Waals surface area (Å²) in [6, 6.07) is 23.0. The van der Waals surface area contributed by atoms with E-state index in [-0.39, 0.29) is 28.0 Å². The molecule has 0 radical (unpaired) electrons. The Morgan fingerprint density at radius 1 is 1.11 bits per heavy atom. The fourth-order valence-corrected chi connectivity index (χ4v) is 5.15. The number of carbonyl (C=O) groups excluding carboxylic acids is 1. The van der Waals surface area contributed by atoms with Crippen LogP contribution in [-0.4, -0.2) is 35.5 Å². The number of nitrogens with one attached hydrogen (secondary N) is 1. The number of hydrogen-bond donors (Lipinski definition) is 1. The summed E-state index contributed by atoms with van der Waals surface area (Å²) in [5.74, 6) is -0.0871. The number of rotatable bonds is 8. The summed E-state index contributed by atoms with van der Waals surface area (Å²) < 4.78 is 32.6. The monoisotopic (exact) mass is 674 g/mol. The highest BCUT2D eigenvalue weighted by Gasteiger charge is 2.18. The van der Waals surface area contributed by atoms with E-state index in [1.165, 1.54) is 31.5 Å². The molecule has 0 fully saturated rings. The summed E-state index contributed by atoms with van der Waals surface area (Å²) in [6.45, 7) is -0.407. The van der Waals surface area contributed by atoms with Gasteiger partial charge in [0.05, 0.1) is 29.2 Å². The fraction of sp³-hybridized carbons (Fsp3) is 0.0625. The van der Waals surface area contributed by atoms with Gasteiger partial charge in [-0.3, -0.25) is 9.59 Å². The van der Waals surface area contributed by atoms with Crippen LogP contribution in [0.5, 0.6) is 11.5 Å². The highest BCUT2D eigenvalue weighted by atomic mass is 79.9. The third-order valence-corrected chi connectivity index (χ3v) is 7.26. The molecule has 0 saturated heterocycles. The lowest BCUT2D eigenvalue weighted by Gasteiger charge is -2.13. The van der Waals surface area contributed by atoms with E-state index in [4.69, 9.17) is 30.5 Å². The molecule has 0 bridgehead atoms. The Balaban J connectivity index is 1.32. The molecule has 0 unspecified atom stereocenters. The van der Waals surface area contributed by atoms with Gasteiger partial charge >= 0.3 is 0 Å². The maximum absolute atomic E-state index is 13.6. The van der Waals surface area contributed by atoms with Gasteiger partial charge in [0.25, 0.3) is 11.5 Å². The van der Waals surface area contributed by atoms with E-state index in [0.717, 1.165) is 14.5 Å². The Hall–Kier alpha value is -5.00. The quantitative estimate of drug-likeness (QED) is 0.170. The van der Waals surface area contributed by atoms with Crippen LogP contribution < -0.4 is 20.3 Å². The average molecular weight is 676 g/mol. The SMILES string of the molecule is COc1cc(C=Nn2c(-c3cc4cc(Br)ccc4o3)nc3ccccc3c2=O)cc(Cl)c1OCC(=O)Nc1cccc(F)c1.